The minimum Gasteiger partial charge on any atom is -0.390 e. The predicted octanol–water partition coefficient (Wildman–Crippen LogP) is 1.19. The van der Waals surface area contributed by atoms with Crippen LogP contribution in [0.1, 0.15) is 29.2 Å². The molecule has 1 aromatic carbocycles. The largest absolute Gasteiger partial charge is 0.390 e. The summed E-state index contributed by atoms with van der Waals surface area (Å²) < 4.78 is 13.1. The van der Waals surface area contributed by atoms with Crippen LogP contribution in [0.3, 0.4) is 0 Å². The van der Waals surface area contributed by atoms with Crippen molar-refractivity contribution in [2.75, 3.05) is 6.54 Å². The first kappa shape index (κ1) is 13.1. The van der Waals surface area contributed by atoms with Crippen LogP contribution in [0.15, 0.2) is 12.1 Å². The van der Waals surface area contributed by atoms with E-state index in [0.29, 0.717) is 29.7 Å². The standard InChI is InChI=1S/C12H18FNO2/c1-7-5-9(13)6-8(2)11(7)12(16)10(15)3-4-14/h5-6,10,12,15-16H,3-4,14H2,1-2H3. The molecule has 0 spiro atoms. The van der Waals surface area contributed by atoms with E-state index in [1.165, 1.54) is 12.1 Å². The molecule has 0 radical (unpaired) electrons. The molecule has 1 aromatic rings. The number of hydrogen-bond acceptors (Lipinski definition) is 3. The van der Waals surface area contributed by atoms with Gasteiger partial charge in [0.1, 0.15) is 11.9 Å². The van der Waals surface area contributed by atoms with Crippen molar-refractivity contribution < 1.29 is 14.6 Å². The zero-order chi connectivity index (χ0) is 12.3. The monoisotopic (exact) mass is 227 g/mol. The molecule has 0 aromatic heterocycles. The fraction of sp³-hybridized carbons (Fsp3) is 0.500. The second kappa shape index (κ2) is 5.39. The number of benzene rings is 1. The van der Waals surface area contributed by atoms with Crippen molar-refractivity contribution in [1.29, 1.82) is 0 Å². The third-order valence-electron chi connectivity index (χ3n) is 2.68. The van der Waals surface area contributed by atoms with Crippen molar-refractivity contribution in [3.8, 4) is 0 Å². The summed E-state index contributed by atoms with van der Waals surface area (Å²) in [5.41, 5.74) is 7.18. The van der Waals surface area contributed by atoms with Crippen molar-refractivity contribution in [3.63, 3.8) is 0 Å². The van der Waals surface area contributed by atoms with Gasteiger partial charge in [0.2, 0.25) is 0 Å². The summed E-state index contributed by atoms with van der Waals surface area (Å²) in [6.07, 6.45) is -1.60. The topological polar surface area (TPSA) is 66.5 Å². The first-order valence-corrected chi connectivity index (χ1v) is 5.30. The van der Waals surface area contributed by atoms with Gasteiger partial charge in [0.05, 0.1) is 6.10 Å². The van der Waals surface area contributed by atoms with E-state index < -0.39 is 12.2 Å². The van der Waals surface area contributed by atoms with Crippen molar-refractivity contribution in [3.05, 3.63) is 34.6 Å². The lowest BCUT2D eigenvalue weighted by Crippen LogP contribution is -2.23. The molecule has 16 heavy (non-hydrogen) atoms. The van der Waals surface area contributed by atoms with E-state index in [0.717, 1.165) is 0 Å². The van der Waals surface area contributed by atoms with Gasteiger partial charge in [-0.15, -0.1) is 0 Å². The Balaban J connectivity index is 3.03. The summed E-state index contributed by atoms with van der Waals surface area (Å²) in [4.78, 5) is 0. The highest BCUT2D eigenvalue weighted by molar-refractivity contribution is 5.36. The van der Waals surface area contributed by atoms with E-state index in [4.69, 9.17) is 5.73 Å². The first-order valence-electron chi connectivity index (χ1n) is 5.30. The SMILES string of the molecule is Cc1cc(F)cc(C)c1C(O)C(O)CCN. The quantitative estimate of drug-likeness (QED) is 0.723. The van der Waals surface area contributed by atoms with Gasteiger partial charge in [-0.25, -0.2) is 4.39 Å². The molecule has 4 N–H and O–H groups in total. The molecule has 0 aliphatic heterocycles. The molecule has 2 unspecified atom stereocenters. The number of halogens is 1. The third-order valence-corrected chi connectivity index (χ3v) is 2.68. The van der Waals surface area contributed by atoms with Crippen LogP contribution in [-0.4, -0.2) is 22.9 Å². The summed E-state index contributed by atoms with van der Waals surface area (Å²) in [6, 6.07) is 2.70. The van der Waals surface area contributed by atoms with Crippen LogP contribution in [0.5, 0.6) is 0 Å². The number of aliphatic hydroxyl groups excluding tert-OH is 2. The fourth-order valence-corrected chi connectivity index (χ4v) is 1.91. The Labute approximate surface area is 94.7 Å². The smallest absolute Gasteiger partial charge is 0.123 e. The normalized spacial score (nSPS) is 14.9. The lowest BCUT2D eigenvalue weighted by molar-refractivity contribution is 0.0142. The van der Waals surface area contributed by atoms with E-state index in [1.807, 2.05) is 0 Å². The Kier molecular flexibility index (Phi) is 4.41. The zero-order valence-corrected chi connectivity index (χ0v) is 9.57. The Bertz CT molecular complexity index is 345. The Morgan fingerprint density at radius 1 is 1.25 bits per heavy atom. The van der Waals surface area contributed by atoms with Gasteiger partial charge in [0, 0.05) is 0 Å². The average molecular weight is 227 g/mol. The second-order valence-corrected chi connectivity index (χ2v) is 4.04. The highest BCUT2D eigenvalue weighted by atomic mass is 19.1. The number of rotatable bonds is 4. The molecule has 90 valence electrons. The lowest BCUT2D eigenvalue weighted by atomic mass is 9.93. The summed E-state index contributed by atoms with van der Waals surface area (Å²) in [7, 11) is 0. The van der Waals surface area contributed by atoms with Gasteiger partial charge in [-0.05, 0) is 55.6 Å². The first-order chi connectivity index (χ1) is 7.47. The van der Waals surface area contributed by atoms with Gasteiger partial charge < -0.3 is 15.9 Å². The van der Waals surface area contributed by atoms with E-state index in [2.05, 4.69) is 0 Å². The van der Waals surface area contributed by atoms with Crippen molar-refractivity contribution in [2.24, 2.45) is 5.73 Å². The average Bonchev–Trinajstić information content (AvgIpc) is 2.16. The van der Waals surface area contributed by atoms with Crippen LogP contribution in [0.2, 0.25) is 0 Å². The van der Waals surface area contributed by atoms with E-state index in [1.54, 1.807) is 13.8 Å². The van der Waals surface area contributed by atoms with Crippen molar-refractivity contribution in [2.45, 2.75) is 32.5 Å². The molecule has 0 bridgehead atoms. The van der Waals surface area contributed by atoms with Crippen LogP contribution in [-0.2, 0) is 0 Å². The predicted molar refractivity (Wildman–Crippen MR) is 60.5 cm³/mol. The molecule has 3 nitrogen and oxygen atoms in total. The number of aryl methyl sites for hydroxylation is 2. The van der Waals surface area contributed by atoms with Crippen LogP contribution in [0.4, 0.5) is 4.39 Å². The summed E-state index contributed by atoms with van der Waals surface area (Å²) >= 11 is 0. The molecule has 4 heteroatoms. The lowest BCUT2D eigenvalue weighted by Gasteiger charge is -2.21. The number of aliphatic hydroxyl groups is 2. The highest BCUT2D eigenvalue weighted by Gasteiger charge is 2.21. The number of nitrogens with two attached hydrogens (primary N) is 1. The molecular formula is C12H18FNO2. The molecule has 0 heterocycles. The molecule has 0 saturated carbocycles. The maximum absolute atomic E-state index is 13.1. The Morgan fingerprint density at radius 2 is 1.75 bits per heavy atom. The number of hydrogen-bond donors (Lipinski definition) is 3. The molecule has 0 amide bonds. The van der Waals surface area contributed by atoms with Crippen molar-refractivity contribution in [1.82, 2.24) is 0 Å². The second-order valence-electron chi connectivity index (χ2n) is 4.04. The summed E-state index contributed by atoms with van der Waals surface area (Å²) in [6.45, 7) is 3.73. The van der Waals surface area contributed by atoms with Gasteiger partial charge >= 0.3 is 0 Å². The molecule has 0 aliphatic rings. The van der Waals surface area contributed by atoms with E-state index in [-0.39, 0.29) is 5.82 Å². The third kappa shape index (κ3) is 2.78. The van der Waals surface area contributed by atoms with Gasteiger partial charge in [-0.2, -0.15) is 0 Å². The van der Waals surface area contributed by atoms with Crippen LogP contribution in [0.25, 0.3) is 0 Å². The maximum atomic E-state index is 13.1. The maximum Gasteiger partial charge on any atom is 0.123 e. The van der Waals surface area contributed by atoms with Crippen LogP contribution in [0, 0.1) is 19.7 Å². The fourth-order valence-electron chi connectivity index (χ4n) is 1.91. The molecule has 0 aliphatic carbocycles. The Hall–Kier alpha value is -0.970. The minimum atomic E-state index is -1.01. The van der Waals surface area contributed by atoms with Gasteiger partial charge in [0.25, 0.3) is 0 Å². The minimum absolute atomic E-state index is 0.303. The molecule has 0 saturated heterocycles. The molecule has 1 rings (SSSR count). The van der Waals surface area contributed by atoms with Crippen molar-refractivity contribution >= 4 is 0 Å². The van der Waals surface area contributed by atoms with Crippen LogP contribution < -0.4 is 5.73 Å². The molecule has 2 atom stereocenters. The summed E-state index contributed by atoms with van der Waals surface area (Å²) in [5, 5.41) is 19.6. The zero-order valence-electron chi connectivity index (χ0n) is 9.57. The van der Waals surface area contributed by atoms with Gasteiger partial charge in [-0.1, -0.05) is 0 Å². The molecule has 0 fully saturated rings. The van der Waals surface area contributed by atoms with E-state index >= 15 is 0 Å². The summed E-state index contributed by atoms with van der Waals surface area (Å²) in [5.74, 6) is -0.334. The Morgan fingerprint density at radius 3 is 2.19 bits per heavy atom. The highest BCUT2D eigenvalue weighted by Crippen LogP contribution is 2.26. The van der Waals surface area contributed by atoms with Crippen LogP contribution >= 0.6 is 0 Å². The van der Waals surface area contributed by atoms with E-state index in [9.17, 15) is 14.6 Å². The molecular weight excluding hydrogens is 209 g/mol. The van der Waals surface area contributed by atoms with Gasteiger partial charge in [-0.3, -0.25) is 0 Å². The van der Waals surface area contributed by atoms with Gasteiger partial charge in [0.15, 0.2) is 0 Å².